The Kier molecular flexibility index (Phi) is 8.10. The molecule has 0 aromatic heterocycles. The maximum atomic E-state index is 12.3. The molecule has 0 aliphatic carbocycles. The van der Waals surface area contributed by atoms with Crippen molar-refractivity contribution in [3.63, 3.8) is 0 Å². The molecule has 1 aliphatic heterocycles. The molecule has 0 radical (unpaired) electrons. The molecule has 1 saturated heterocycles. The van der Waals surface area contributed by atoms with Crippen LogP contribution in [0, 0.1) is 0 Å². The molecule has 30 heavy (non-hydrogen) atoms. The van der Waals surface area contributed by atoms with Crippen LogP contribution >= 0.6 is 0 Å². The average molecular weight is 407 g/mol. The summed E-state index contributed by atoms with van der Waals surface area (Å²) >= 11 is 0. The molecule has 1 N–H and O–H groups in total. The second kappa shape index (κ2) is 11.2. The quantitative estimate of drug-likeness (QED) is 0.504. The number of hydrogen-bond donors (Lipinski definition) is 1. The highest BCUT2D eigenvalue weighted by Gasteiger charge is 2.20. The van der Waals surface area contributed by atoms with Crippen LogP contribution in [0.15, 0.2) is 67.3 Å². The number of hydrogen-bond acceptors (Lipinski definition) is 4. The number of amides is 1. The first kappa shape index (κ1) is 21.7. The Labute approximate surface area is 179 Å². The largest absolute Gasteiger partial charge is 0.493 e. The molecule has 5 nitrogen and oxygen atoms in total. The lowest BCUT2D eigenvalue weighted by molar-refractivity contribution is -0.117. The number of methoxy groups -OCH3 is 1. The molecule has 0 unspecified atom stereocenters. The Morgan fingerprint density at radius 1 is 1.17 bits per heavy atom. The van der Waals surface area contributed by atoms with Gasteiger partial charge in [0.05, 0.1) is 7.11 Å². The van der Waals surface area contributed by atoms with Gasteiger partial charge in [-0.05, 0) is 42.2 Å². The highest BCUT2D eigenvalue weighted by Crippen LogP contribution is 2.28. The topological polar surface area (TPSA) is 50.8 Å². The predicted molar refractivity (Wildman–Crippen MR) is 121 cm³/mol. The Hall–Kier alpha value is -3.05. The van der Waals surface area contributed by atoms with E-state index < -0.39 is 0 Å². The lowest BCUT2D eigenvalue weighted by atomic mass is 10.0. The highest BCUT2D eigenvalue weighted by atomic mass is 16.5. The van der Waals surface area contributed by atoms with Gasteiger partial charge in [0.15, 0.2) is 11.5 Å². The van der Waals surface area contributed by atoms with E-state index in [4.69, 9.17) is 9.47 Å². The van der Waals surface area contributed by atoms with Gasteiger partial charge in [0, 0.05) is 31.8 Å². The number of carbonyl (C=O) groups is 1. The number of nitrogens with one attached hydrogen (secondary N) is 1. The molecule has 0 atom stereocenters. The molecule has 0 spiro atoms. The number of nitrogens with zero attached hydrogens (tertiary/aromatic N) is 1. The first-order chi connectivity index (χ1) is 14.7. The fraction of sp³-hybridized carbons (Fsp3) is 0.320. The molecule has 1 aliphatic rings. The zero-order chi connectivity index (χ0) is 21.2. The second-order valence-corrected chi connectivity index (χ2v) is 7.39. The van der Waals surface area contributed by atoms with Gasteiger partial charge in [-0.15, -0.1) is 0 Å². The van der Waals surface area contributed by atoms with Gasteiger partial charge in [0.1, 0.15) is 6.61 Å². The summed E-state index contributed by atoms with van der Waals surface area (Å²) in [5.41, 5.74) is 2.21. The van der Waals surface area contributed by atoms with E-state index in [0.29, 0.717) is 18.1 Å². The van der Waals surface area contributed by atoms with Crippen LogP contribution in [0.5, 0.6) is 11.5 Å². The summed E-state index contributed by atoms with van der Waals surface area (Å²) in [6.07, 6.45) is 6.99. The zero-order valence-electron chi connectivity index (χ0n) is 17.5. The summed E-state index contributed by atoms with van der Waals surface area (Å²) in [7, 11) is 1.60. The van der Waals surface area contributed by atoms with E-state index in [1.807, 2.05) is 24.3 Å². The number of benzene rings is 2. The molecule has 1 fully saturated rings. The van der Waals surface area contributed by atoms with Crippen LogP contribution in [0.2, 0.25) is 0 Å². The van der Waals surface area contributed by atoms with Crippen LogP contribution in [-0.2, 0) is 11.3 Å². The SMILES string of the molecule is C=CCOc1ccc(/C=C/C(=O)NC2CCN(Cc3ccccc3)CC2)cc1OC. The molecule has 158 valence electrons. The number of rotatable bonds is 9. The van der Waals surface area contributed by atoms with Crippen molar-refractivity contribution in [2.45, 2.75) is 25.4 Å². The second-order valence-electron chi connectivity index (χ2n) is 7.39. The van der Waals surface area contributed by atoms with Gasteiger partial charge >= 0.3 is 0 Å². The van der Waals surface area contributed by atoms with Gasteiger partial charge in [0.25, 0.3) is 0 Å². The maximum absolute atomic E-state index is 12.3. The van der Waals surface area contributed by atoms with Crippen molar-refractivity contribution in [2.75, 3.05) is 26.8 Å². The fourth-order valence-corrected chi connectivity index (χ4v) is 3.55. The molecule has 2 aromatic carbocycles. The van der Waals surface area contributed by atoms with E-state index >= 15 is 0 Å². The standard InChI is InChI=1S/C25H30N2O3/c1-3-17-30-23-11-9-20(18-24(23)29-2)10-12-25(28)26-22-13-15-27(16-14-22)19-21-7-5-4-6-8-21/h3-12,18,22H,1,13-17,19H2,2H3,(H,26,28)/b12-10+. The lowest BCUT2D eigenvalue weighted by Gasteiger charge is -2.32. The van der Waals surface area contributed by atoms with E-state index in [1.165, 1.54) is 5.56 Å². The summed E-state index contributed by atoms with van der Waals surface area (Å²) in [5.74, 6) is 1.22. The third-order valence-corrected chi connectivity index (χ3v) is 5.15. The normalized spacial score (nSPS) is 15.1. The first-order valence-corrected chi connectivity index (χ1v) is 10.3. The van der Waals surface area contributed by atoms with Crippen LogP contribution < -0.4 is 14.8 Å². The summed E-state index contributed by atoms with van der Waals surface area (Å²) in [4.78, 5) is 14.8. The van der Waals surface area contributed by atoms with Gasteiger partial charge in [-0.25, -0.2) is 0 Å². The molecule has 1 amide bonds. The summed E-state index contributed by atoms with van der Waals surface area (Å²) in [6.45, 7) is 7.01. The van der Waals surface area contributed by atoms with Crippen molar-refractivity contribution in [1.29, 1.82) is 0 Å². The van der Waals surface area contributed by atoms with Crippen molar-refractivity contribution in [2.24, 2.45) is 0 Å². The van der Waals surface area contributed by atoms with E-state index in [2.05, 4.69) is 41.1 Å². The van der Waals surface area contributed by atoms with Gasteiger partial charge in [-0.2, -0.15) is 0 Å². The summed E-state index contributed by atoms with van der Waals surface area (Å²) in [6, 6.07) is 16.3. The third-order valence-electron chi connectivity index (χ3n) is 5.15. The van der Waals surface area contributed by atoms with Gasteiger partial charge in [-0.3, -0.25) is 9.69 Å². The Bertz CT molecular complexity index is 856. The predicted octanol–water partition coefficient (Wildman–Crippen LogP) is 4.05. The van der Waals surface area contributed by atoms with E-state index in [-0.39, 0.29) is 11.9 Å². The maximum Gasteiger partial charge on any atom is 0.244 e. The van der Waals surface area contributed by atoms with E-state index in [0.717, 1.165) is 38.0 Å². The molecule has 0 saturated carbocycles. The number of likely N-dealkylation sites (tertiary alicyclic amines) is 1. The van der Waals surface area contributed by atoms with Gasteiger partial charge < -0.3 is 14.8 Å². The summed E-state index contributed by atoms with van der Waals surface area (Å²) in [5, 5.41) is 3.12. The first-order valence-electron chi connectivity index (χ1n) is 10.3. The number of ether oxygens (including phenoxy) is 2. The van der Waals surface area contributed by atoms with Crippen molar-refractivity contribution in [3.8, 4) is 11.5 Å². The van der Waals surface area contributed by atoms with Crippen LogP contribution in [0.25, 0.3) is 6.08 Å². The smallest absolute Gasteiger partial charge is 0.244 e. The molecule has 5 heteroatoms. The minimum atomic E-state index is -0.0672. The fourth-order valence-electron chi connectivity index (χ4n) is 3.55. The summed E-state index contributed by atoms with van der Waals surface area (Å²) < 4.78 is 10.9. The van der Waals surface area contributed by atoms with Crippen LogP contribution in [0.4, 0.5) is 0 Å². The lowest BCUT2D eigenvalue weighted by Crippen LogP contribution is -2.43. The van der Waals surface area contributed by atoms with Crippen molar-refractivity contribution < 1.29 is 14.3 Å². The number of carbonyl (C=O) groups excluding carboxylic acids is 1. The Morgan fingerprint density at radius 3 is 2.63 bits per heavy atom. The van der Waals surface area contributed by atoms with Crippen LogP contribution in [0.1, 0.15) is 24.0 Å². The highest BCUT2D eigenvalue weighted by molar-refractivity contribution is 5.92. The van der Waals surface area contributed by atoms with Crippen molar-refractivity contribution in [3.05, 3.63) is 78.4 Å². The van der Waals surface area contributed by atoms with Crippen molar-refractivity contribution >= 4 is 12.0 Å². The molecule has 2 aromatic rings. The molecule has 0 bridgehead atoms. The molecular weight excluding hydrogens is 376 g/mol. The Balaban J connectivity index is 1.46. The number of piperidine rings is 1. The van der Waals surface area contributed by atoms with Gasteiger partial charge in [0.2, 0.25) is 5.91 Å². The third kappa shape index (κ3) is 6.49. The van der Waals surface area contributed by atoms with E-state index in [9.17, 15) is 4.79 Å². The van der Waals surface area contributed by atoms with Crippen LogP contribution in [-0.4, -0.2) is 43.7 Å². The molecular formula is C25H30N2O3. The van der Waals surface area contributed by atoms with Gasteiger partial charge in [-0.1, -0.05) is 49.1 Å². The monoisotopic (exact) mass is 406 g/mol. The molecule has 1 heterocycles. The van der Waals surface area contributed by atoms with E-state index in [1.54, 1.807) is 25.3 Å². The van der Waals surface area contributed by atoms with Crippen LogP contribution in [0.3, 0.4) is 0 Å². The Morgan fingerprint density at radius 2 is 1.93 bits per heavy atom. The molecule has 3 rings (SSSR count). The minimum absolute atomic E-state index is 0.0672. The minimum Gasteiger partial charge on any atom is -0.493 e. The van der Waals surface area contributed by atoms with Crippen molar-refractivity contribution in [1.82, 2.24) is 10.2 Å². The zero-order valence-corrected chi connectivity index (χ0v) is 17.5. The average Bonchev–Trinajstić information content (AvgIpc) is 2.78.